The molecule has 100 valence electrons. The number of amides is 1. The standard InChI is InChI=1S/C12H23NO4/c1-4-10(7-12(15)16)8-13-11(14)6-5-9(2)17-3/h9-10H,4-8H2,1-3H3,(H,13,14)(H,15,16). The van der Waals surface area contributed by atoms with Gasteiger partial charge in [0.15, 0.2) is 0 Å². The van der Waals surface area contributed by atoms with Gasteiger partial charge in [-0.1, -0.05) is 13.3 Å². The van der Waals surface area contributed by atoms with Crippen LogP contribution in [0.1, 0.15) is 39.5 Å². The van der Waals surface area contributed by atoms with E-state index in [4.69, 9.17) is 9.84 Å². The fourth-order valence-electron chi connectivity index (χ4n) is 1.41. The molecule has 0 fully saturated rings. The van der Waals surface area contributed by atoms with Crippen molar-refractivity contribution in [3.05, 3.63) is 0 Å². The molecule has 0 aromatic rings. The van der Waals surface area contributed by atoms with E-state index in [9.17, 15) is 9.59 Å². The first-order valence-electron chi connectivity index (χ1n) is 6.00. The van der Waals surface area contributed by atoms with E-state index in [0.717, 1.165) is 6.42 Å². The van der Waals surface area contributed by atoms with Gasteiger partial charge in [-0.25, -0.2) is 0 Å². The van der Waals surface area contributed by atoms with Crippen molar-refractivity contribution in [3.63, 3.8) is 0 Å². The molecule has 0 saturated heterocycles. The summed E-state index contributed by atoms with van der Waals surface area (Å²) in [5.41, 5.74) is 0. The molecule has 17 heavy (non-hydrogen) atoms. The van der Waals surface area contributed by atoms with Crippen LogP contribution in [-0.4, -0.2) is 36.7 Å². The Hall–Kier alpha value is -1.10. The zero-order valence-electron chi connectivity index (χ0n) is 10.9. The van der Waals surface area contributed by atoms with Gasteiger partial charge in [-0.05, 0) is 19.3 Å². The van der Waals surface area contributed by atoms with E-state index in [1.54, 1.807) is 7.11 Å². The quantitative estimate of drug-likeness (QED) is 0.644. The molecule has 2 atom stereocenters. The molecule has 0 radical (unpaired) electrons. The van der Waals surface area contributed by atoms with Gasteiger partial charge < -0.3 is 15.2 Å². The molecule has 0 aromatic heterocycles. The second-order valence-electron chi connectivity index (χ2n) is 4.26. The minimum atomic E-state index is -0.820. The molecule has 1 amide bonds. The molecule has 5 nitrogen and oxygen atoms in total. The summed E-state index contributed by atoms with van der Waals surface area (Å²) in [5, 5.41) is 11.4. The SMILES string of the molecule is CCC(CNC(=O)CCC(C)OC)CC(=O)O. The maximum atomic E-state index is 11.5. The molecule has 2 unspecified atom stereocenters. The van der Waals surface area contributed by atoms with Crippen LogP contribution < -0.4 is 5.32 Å². The van der Waals surface area contributed by atoms with Crippen molar-refractivity contribution in [3.8, 4) is 0 Å². The Bertz CT molecular complexity index is 243. The van der Waals surface area contributed by atoms with Gasteiger partial charge >= 0.3 is 5.97 Å². The van der Waals surface area contributed by atoms with Gasteiger partial charge in [-0.15, -0.1) is 0 Å². The Kier molecular flexibility index (Phi) is 8.40. The molecule has 0 heterocycles. The van der Waals surface area contributed by atoms with Crippen LogP contribution >= 0.6 is 0 Å². The van der Waals surface area contributed by atoms with E-state index < -0.39 is 5.97 Å². The number of ether oxygens (including phenoxy) is 1. The average Bonchev–Trinajstić information content (AvgIpc) is 2.30. The number of carbonyl (C=O) groups is 2. The van der Waals surface area contributed by atoms with Gasteiger partial charge in [0.1, 0.15) is 0 Å². The van der Waals surface area contributed by atoms with Crippen molar-refractivity contribution in [1.82, 2.24) is 5.32 Å². The Morgan fingerprint density at radius 1 is 1.41 bits per heavy atom. The molecule has 0 bridgehead atoms. The fraction of sp³-hybridized carbons (Fsp3) is 0.833. The van der Waals surface area contributed by atoms with Gasteiger partial charge in [-0.2, -0.15) is 0 Å². The second-order valence-corrected chi connectivity index (χ2v) is 4.26. The number of rotatable bonds is 9. The molecular weight excluding hydrogens is 222 g/mol. The van der Waals surface area contributed by atoms with Gasteiger partial charge in [0, 0.05) is 26.5 Å². The van der Waals surface area contributed by atoms with Crippen molar-refractivity contribution >= 4 is 11.9 Å². The van der Waals surface area contributed by atoms with Gasteiger partial charge in [0.25, 0.3) is 0 Å². The third-order valence-electron chi connectivity index (χ3n) is 2.81. The highest BCUT2D eigenvalue weighted by Gasteiger charge is 2.12. The predicted octanol–water partition coefficient (Wildman–Crippen LogP) is 1.42. The van der Waals surface area contributed by atoms with Crippen LogP contribution in [0, 0.1) is 5.92 Å². The van der Waals surface area contributed by atoms with E-state index in [1.165, 1.54) is 0 Å². The third-order valence-corrected chi connectivity index (χ3v) is 2.81. The van der Waals surface area contributed by atoms with Crippen LogP contribution in [0.5, 0.6) is 0 Å². The highest BCUT2D eigenvalue weighted by atomic mass is 16.5. The Labute approximate surface area is 103 Å². The minimum absolute atomic E-state index is 0.0105. The van der Waals surface area contributed by atoms with E-state index in [0.29, 0.717) is 19.4 Å². The summed E-state index contributed by atoms with van der Waals surface area (Å²) >= 11 is 0. The van der Waals surface area contributed by atoms with E-state index in [1.807, 2.05) is 13.8 Å². The Morgan fingerprint density at radius 2 is 2.06 bits per heavy atom. The summed E-state index contributed by atoms with van der Waals surface area (Å²) < 4.78 is 5.04. The van der Waals surface area contributed by atoms with Gasteiger partial charge in [0.05, 0.1) is 6.10 Å². The molecule has 0 rings (SSSR count). The molecule has 0 saturated carbocycles. The third kappa shape index (κ3) is 8.68. The zero-order chi connectivity index (χ0) is 13.3. The lowest BCUT2D eigenvalue weighted by Gasteiger charge is -2.14. The predicted molar refractivity (Wildman–Crippen MR) is 64.7 cm³/mol. The van der Waals surface area contributed by atoms with Gasteiger partial charge in [0.2, 0.25) is 5.91 Å². The summed E-state index contributed by atoms with van der Waals surface area (Å²) in [6, 6.07) is 0. The van der Waals surface area contributed by atoms with Crippen molar-refractivity contribution in [2.75, 3.05) is 13.7 Å². The zero-order valence-corrected chi connectivity index (χ0v) is 10.9. The number of nitrogens with one attached hydrogen (secondary N) is 1. The maximum absolute atomic E-state index is 11.5. The topological polar surface area (TPSA) is 75.6 Å². The average molecular weight is 245 g/mol. The summed E-state index contributed by atoms with van der Waals surface area (Å²) in [4.78, 5) is 22.0. The number of carboxylic acid groups (broad SMARTS) is 1. The van der Waals surface area contributed by atoms with Gasteiger partial charge in [-0.3, -0.25) is 9.59 Å². The second kappa shape index (κ2) is 8.98. The normalized spacial score (nSPS) is 14.1. The molecule has 0 aliphatic rings. The van der Waals surface area contributed by atoms with E-state index >= 15 is 0 Å². The summed E-state index contributed by atoms with van der Waals surface area (Å²) in [5.74, 6) is -0.854. The van der Waals surface area contributed by atoms with E-state index in [2.05, 4.69) is 5.32 Å². The lowest BCUT2D eigenvalue weighted by atomic mass is 10.0. The molecular formula is C12H23NO4. The molecule has 5 heteroatoms. The molecule has 0 spiro atoms. The smallest absolute Gasteiger partial charge is 0.303 e. The number of carbonyl (C=O) groups excluding carboxylic acids is 1. The minimum Gasteiger partial charge on any atom is -0.481 e. The van der Waals surface area contributed by atoms with Crippen molar-refractivity contribution in [1.29, 1.82) is 0 Å². The molecule has 2 N–H and O–H groups in total. The van der Waals surface area contributed by atoms with Crippen molar-refractivity contribution < 1.29 is 19.4 Å². The number of aliphatic carboxylic acids is 1. The van der Waals surface area contributed by atoms with Crippen LogP contribution in [-0.2, 0) is 14.3 Å². The van der Waals surface area contributed by atoms with Crippen LogP contribution in [0.4, 0.5) is 0 Å². The maximum Gasteiger partial charge on any atom is 0.303 e. The van der Waals surface area contributed by atoms with E-state index in [-0.39, 0.29) is 24.3 Å². The highest BCUT2D eigenvalue weighted by Crippen LogP contribution is 2.07. The summed E-state index contributed by atoms with van der Waals surface area (Å²) in [6.45, 7) is 4.27. The lowest BCUT2D eigenvalue weighted by molar-refractivity contribution is -0.138. The number of hydrogen-bond acceptors (Lipinski definition) is 3. The Balaban J connectivity index is 3.77. The highest BCUT2D eigenvalue weighted by molar-refractivity contribution is 5.76. The monoisotopic (exact) mass is 245 g/mol. The first kappa shape index (κ1) is 15.9. The van der Waals surface area contributed by atoms with Crippen LogP contribution in [0.3, 0.4) is 0 Å². The molecule has 0 aromatic carbocycles. The van der Waals surface area contributed by atoms with Crippen LogP contribution in [0.25, 0.3) is 0 Å². The molecule has 0 aliphatic heterocycles. The fourth-order valence-corrected chi connectivity index (χ4v) is 1.41. The summed E-state index contributed by atoms with van der Waals surface area (Å²) in [6.07, 6.45) is 2.02. The number of methoxy groups -OCH3 is 1. The number of carboxylic acids is 1. The van der Waals surface area contributed by atoms with Crippen molar-refractivity contribution in [2.24, 2.45) is 5.92 Å². The molecule has 0 aliphatic carbocycles. The van der Waals surface area contributed by atoms with Crippen LogP contribution in [0.15, 0.2) is 0 Å². The first-order chi connectivity index (χ1) is 7.99. The first-order valence-corrected chi connectivity index (χ1v) is 6.00. The number of hydrogen-bond donors (Lipinski definition) is 2. The van der Waals surface area contributed by atoms with Crippen molar-refractivity contribution in [2.45, 2.75) is 45.6 Å². The largest absolute Gasteiger partial charge is 0.481 e. The van der Waals surface area contributed by atoms with Crippen LogP contribution in [0.2, 0.25) is 0 Å². The summed E-state index contributed by atoms with van der Waals surface area (Å²) in [7, 11) is 1.61. The lowest BCUT2D eigenvalue weighted by Crippen LogP contribution is -2.30. The Morgan fingerprint density at radius 3 is 2.53 bits per heavy atom.